The summed E-state index contributed by atoms with van der Waals surface area (Å²) < 4.78 is 25.2. The Balaban J connectivity index is 3.39. The molecule has 9 heteroatoms. The monoisotopic (exact) mass is 358 g/mol. The van der Waals surface area contributed by atoms with Crippen molar-refractivity contribution in [3.05, 3.63) is 31.1 Å². The van der Waals surface area contributed by atoms with Gasteiger partial charge in [0.25, 0.3) is 6.43 Å². The van der Waals surface area contributed by atoms with Gasteiger partial charge in [0.05, 0.1) is 22.6 Å². The third-order valence-electron chi connectivity index (χ3n) is 1.85. The number of alkyl halides is 2. The molecule has 0 aliphatic rings. The third kappa shape index (κ3) is 3.05. The summed E-state index contributed by atoms with van der Waals surface area (Å²) in [6.45, 7) is 0. The van der Waals surface area contributed by atoms with Gasteiger partial charge in [0, 0.05) is 0 Å². The molecule has 0 bridgehead atoms. The largest absolute Gasteiger partial charge is 0.481 e. The van der Waals surface area contributed by atoms with Crippen LogP contribution in [0.2, 0.25) is 0 Å². The molecule has 0 fully saturated rings. The summed E-state index contributed by atoms with van der Waals surface area (Å²) in [5.41, 5.74) is -1.61. The molecule has 0 aromatic carbocycles. The highest BCUT2D eigenvalue weighted by atomic mass is 127. The summed E-state index contributed by atoms with van der Waals surface area (Å²) in [5.74, 6) is -1.33. The quantitative estimate of drug-likeness (QED) is 0.506. The van der Waals surface area contributed by atoms with Crippen LogP contribution in [0.15, 0.2) is 6.20 Å². The molecule has 0 aliphatic heterocycles. The van der Waals surface area contributed by atoms with Gasteiger partial charge in [-0.3, -0.25) is 19.9 Å². The summed E-state index contributed by atoms with van der Waals surface area (Å²) in [5, 5.41) is 19.1. The second-order valence-corrected chi connectivity index (χ2v) is 4.02. The Kier molecular flexibility index (Phi) is 4.26. The fraction of sp³-hybridized carbons (Fsp3) is 0.250. The summed E-state index contributed by atoms with van der Waals surface area (Å²) in [6, 6.07) is 0. The number of halogens is 3. The molecule has 0 spiro atoms. The second-order valence-electron chi connectivity index (χ2n) is 2.95. The molecule has 0 aliphatic carbocycles. The Morgan fingerprint density at radius 3 is 2.65 bits per heavy atom. The molecule has 0 saturated heterocycles. The Morgan fingerprint density at radius 1 is 1.65 bits per heavy atom. The molecule has 92 valence electrons. The number of hydrogen-bond acceptors (Lipinski definition) is 4. The lowest BCUT2D eigenvalue weighted by atomic mass is 10.1. The van der Waals surface area contributed by atoms with Crippen LogP contribution in [0.25, 0.3) is 0 Å². The summed E-state index contributed by atoms with van der Waals surface area (Å²) >= 11 is 1.39. The van der Waals surface area contributed by atoms with Crippen molar-refractivity contribution in [2.24, 2.45) is 0 Å². The molecule has 1 aromatic rings. The van der Waals surface area contributed by atoms with Crippen LogP contribution in [-0.4, -0.2) is 21.0 Å². The highest BCUT2D eigenvalue weighted by Gasteiger charge is 2.26. The number of hydrogen-bond donors (Lipinski definition) is 1. The van der Waals surface area contributed by atoms with Crippen LogP contribution in [0, 0.1) is 13.7 Å². The fourth-order valence-electron chi connectivity index (χ4n) is 1.16. The van der Waals surface area contributed by atoms with Gasteiger partial charge in [0.1, 0.15) is 9.77 Å². The molecular weight excluding hydrogens is 353 g/mol. The molecule has 1 heterocycles. The molecule has 17 heavy (non-hydrogen) atoms. The van der Waals surface area contributed by atoms with Gasteiger partial charge in [-0.05, 0) is 22.6 Å². The predicted octanol–water partition coefficient (Wildman–Crippen LogP) is 2.16. The predicted molar refractivity (Wildman–Crippen MR) is 59.9 cm³/mol. The van der Waals surface area contributed by atoms with Gasteiger partial charge < -0.3 is 5.11 Å². The van der Waals surface area contributed by atoms with E-state index in [-0.39, 0.29) is 9.26 Å². The third-order valence-corrected chi connectivity index (χ3v) is 2.98. The van der Waals surface area contributed by atoms with Crippen LogP contribution >= 0.6 is 22.6 Å². The number of aromatic nitrogens is 1. The lowest BCUT2D eigenvalue weighted by molar-refractivity contribution is -0.386. The van der Waals surface area contributed by atoms with E-state index in [9.17, 15) is 23.7 Å². The first-order valence-corrected chi connectivity index (χ1v) is 5.24. The van der Waals surface area contributed by atoms with E-state index in [0.717, 1.165) is 6.20 Å². The molecule has 0 saturated carbocycles. The maximum absolute atomic E-state index is 12.7. The molecule has 0 radical (unpaired) electrons. The molecule has 1 N–H and O–H groups in total. The minimum atomic E-state index is -3.01. The van der Waals surface area contributed by atoms with Gasteiger partial charge in [-0.2, -0.15) is 0 Å². The molecule has 1 rings (SSSR count). The van der Waals surface area contributed by atoms with E-state index >= 15 is 0 Å². The zero-order valence-electron chi connectivity index (χ0n) is 8.06. The molecule has 0 amide bonds. The van der Waals surface area contributed by atoms with Crippen molar-refractivity contribution in [2.45, 2.75) is 12.8 Å². The van der Waals surface area contributed by atoms with Gasteiger partial charge in [0.15, 0.2) is 0 Å². The van der Waals surface area contributed by atoms with E-state index in [1.165, 1.54) is 22.6 Å². The average Bonchev–Trinajstić information content (AvgIpc) is 2.15. The summed E-state index contributed by atoms with van der Waals surface area (Å²) in [7, 11) is 0. The zero-order valence-corrected chi connectivity index (χ0v) is 10.2. The Morgan fingerprint density at radius 2 is 2.24 bits per heavy atom. The van der Waals surface area contributed by atoms with Gasteiger partial charge in [-0.15, -0.1) is 0 Å². The Labute approximate surface area is 107 Å². The lowest BCUT2D eigenvalue weighted by Gasteiger charge is -2.08. The number of nitrogens with zero attached hydrogens (tertiary/aromatic N) is 2. The van der Waals surface area contributed by atoms with Crippen molar-refractivity contribution in [2.75, 3.05) is 0 Å². The number of rotatable bonds is 4. The van der Waals surface area contributed by atoms with Crippen LogP contribution in [0.5, 0.6) is 0 Å². The highest BCUT2D eigenvalue weighted by molar-refractivity contribution is 14.1. The molecule has 0 unspecified atom stereocenters. The van der Waals surface area contributed by atoms with E-state index < -0.39 is 35.0 Å². The summed E-state index contributed by atoms with van der Waals surface area (Å²) in [6.07, 6.45) is -2.93. The first-order valence-electron chi connectivity index (χ1n) is 4.16. The topological polar surface area (TPSA) is 93.3 Å². The minimum Gasteiger partial charge on any atom is -0.481 e. The van der Waals surface area contributed by atoms with E-state index in [2.05, 4.69) is 4.98 Å². The number of carboxylic acids is 1. The van der Waals surface area contributed by atoms with Crippen molar-refractivity contribution in [1.82, 2.24) is 4.98 Å². The average molecular weight is 358 g/mol. The Hall–Kier alpha value is -1.39. The molecule has 1 aromatic heterocycles. The number of carbonyl (C=O) groups is 1. The van der Waals surface area contributed by atoms with Crippen molar-refractivity contribution in [3.8, 4) is 0 Å². The SMILES string of the molecule is O=C(O)Cc1ncc([N+](=O)[O-])c(I)c1C(F)F. The van der Waals surface area contributed by atoms with Gasteiger partial charge in [0.2, 0.25) is 0 Å². The number of nitro groups is 1. The van der Waals surface area contributed by atoms with Crippen LogP contribution in [0.3, 0.4) is 0 Å². The van der Waals surface area contributed by atoms with E-state index in [1.54, 1.807) is 0 Å². The minimum absolute atomic E-state index is 0.283. The number of pyridine rings is 1. The van der Waals surface area contributed by atoms with Gasteiger partial charge in [-0.25, -0.2) is 8.78 Å². The van der Waals surface area contributed by atoms with Crippen LogP contribution < -0.4 is 0 Å². The van der Waals surface area contributed by atoms with Crippen molar-refractivity contribution >= 4 is 34.2 Å². The second kappa shape index (κ2) is 5.29. The lowest BCUT2D eigenvalue weighted by Crippen LogP contribution is -2.09. The Bertz CT molecular complexity index is 481. The molecular formula is C8H5F2IN2O4. The maximum atomic E-state index is 12.7. The van der Waals surface area contributed by atoms with Crippen molar-refractivity contribution < 1.29 is 23.6 Å². The van der Waals surface area contributed by atoms with Crippen molar-refractivity contribution in [3.63, 3.8) is 0 Å². The van der Waals surface area contributed by atoms with Crippen LogP contribution in [-0.2, 0) is 11.2 Å². The summed E-state index contributed by atoms with van der Waals surface area (Å²) in [4.78, 5) is 23.6. The molecule has 0 atom stereocenters. The first kappa shape index (κ1) is 13.7. The highest BCUT2D eigenvalue weighted by Crippen LogP contribution is 2.32. The van der Waals surface area contributed by atoms with E-state index in [4.69, 9.17) is 5.11 Å². The maximum Gasteiger partial charge on any atom is 0.309 e. The van der Waals surface area contributed by atoms with Crippen molar-refractivity contribution in [1.29, 1.82) is 0 Å². The van der Waals surface area contributed by atoms with Gasteiger partial charge >= 0.3 is 11.7 Å². The van der Waals surface area contributed by atoms with Crippen LogP contribution in [0.1, 0.15) is 17.7 Å². The van der Waals surface area contributed by atoms with E-state index in [1.807, 2.05) is 0 Å². The zero-order chi connectivity index (χ0) is 13.2. The number of aliphatic carboxylic acids is 1. The normalized spacial score (nSPS) is 10.6. The van der Waals surface area contributed by atoms with Gasteiger partial charge in [-0.1, -0.05) is 0 Å². The van der Waals surface area contributed by atoms with E-state index in [0.29, 0.717) is 0 Å². The van der Waals surface area contributed by atoms with Crippen LogP contribution in [0.4, 0.5) is 14.5 Å². The first-order chi connectivity index (χ1) is 7.84. The standard InChI is InChI=1S/C8H5F2IN2O4/c9-8(10)6-3(1-5(14)15)12-2-4(7(6)11)13(16)17/h2,8H,1H2,(H,14,15). The smallest absolute Gasteiger partial charge is 0.309 e. The fourth-order valence-corrected chi connectivity index (χ4v) is 2.05. The molecule has 6 nitrogen and oxygen atoms in total. The number of carboxylic acid groups (broad SMARTS) is 1.